The van der Waals surface area contributed by atoms with Crippen LogP contribution in [0.5, 0.6) is 5.75 Å². The standard InChI is InChI=1S/C29H43N9O5/c30-14-4-8-22(25(32)40)36-28(43)24(17-18-6-2-1-3-7-18)38-27(42)23(9-5-15-35-29(33)34)37-26(41)21(31)16-19-10-12-20(39)13-11-19/h1-3,6-7,10-13,21-24,39H,4-5,8-9,14-17,30-31H2,(H2,32,40)(H,36,43)(H,37,41)(H,38,42)(H4,33,34,35)/t21?,22?,23-,24?/m1/s1. The van der Waals surface area contributed by atoms with Crippen LogP contribution in [0.3, 0.4) is 0 Å². The lowest BCUT2D eigenvalue weighted by Gasteiger charge is -2.25. The Hall–Kier alpha value is -4.69. The predicted octanol–water partition coefficient (Wildman–Crippen LogP) is -1.76. The first kappa shape index (κ1) is 34.5. The van der Waals surface area contributed by atoms with Crippen molar-refractivity contribution in [2.75, 3.05) is 13.1 Å². The summed E-state index contributed by atoms with van der Waals surface area (Å²) in [5, 5.41) is 17.5. The molecule has 4 atom stereocenters. The van der Waals surface area contributed by atoms with Crippen molar-refractivity contribution in [3.8, 4) is 5.75 Å². The van der Waals surface area contributed by atoms with Crippen LogP contribution in [0.2, 0.25) is 0 Å². The second kappa shape index (κ2) is 18.0. The van der Waals surface area contributed by atoms with Crippen LogP contribution in [0, 0.1) is 0 Å². The zero-order chi connectivity index (χ0) is 31.8. The monoisotopic (exact) mass is 597 g/mol. The Balaban J connectivity index is 2.23. The smallest absolute Gasteiger partial charge is 0.243 e. The van der Waals surface area contributed by atoms with Crippen LogP contribution in [-0.2, 0) is 32.0 Å². The van der Waals surface area contributed by atoms with Gasteiger partial charge in [-0.25, -0.2) is 0 Å². The third-order valence-electron chi connectivity index (χ3n) is 6.58. The van der Waals surface area contributed by atoms with Crippen molar-refractivity contribution in [1.29, 1.82) is 0 Å². The van der Waals surface area contributed by atoms with E-state index in [0.29, 0.717) is 24.9 Å². The molecule has 234 valence electrons. The van der Waals surface area contributed by atoms with Gasteiger partial charge in [-0.2, -0.15) is 0 Å². The summed E-state index contributed by atoms with van der Waals surface area (Å²) in [6, 6.07) is 11.1. The molecule has 14 N–H and O–H groups in total. The number of nitrogens with one attached hydrogen (secondary N) is 3. The minimum Gasteiger partial charge on any atom is -0.508 e. The number of nitrogens with zero attached hydrogens (tertiary/aromatic N) is 1. The lowest BCUT2D eigenvalue weighted by molar-refractivity contribution is -0.133. The number of hydrogen-bond acceptors (Lipinski definition) is 8. The fraction of sp³-hybridized carbons (Fsp3) is 0.414. The fourth-order valence-corrected chi connectivity index (χ4v) is 4.24. The van der Waals surface area contributed by atoms with E-state index in [1.165, 1.54) is 12.1 Å². The molecular formula is C29H43N9O5. The van der Waals surface area contributed by atoms with E-state index in [2.05, 4.69) is 20.9 Å². The first-order valence-electron chi connectivity index (χ1n) is 14.0. The largest absolute Gasteiger partial charge is 0.508 e. The summed E-state index contributed by atoms with van der Waals surface area (Å²) < 4.78 is 0. The zero-order valence-electron chi connectivity index (χ0n) is 24.1. The molecule has 0 saturated carbocycles. The van der Waals surface area contributed by atoms with Gasteiger partial charge in [-0.05, 0) is 61.9 Å². The SMILES string of the molecule is NCCCC(NC(=O)C(Cc1ccccc1)NC(=O)[C@@H](CCCN=C(N)N)NC(=O)C(N)Cc1ccc(O)cc1)C(N)=O. The molecule has 2 aromatic carbocycles. The molecular weight excluding hydrogens is 554 g/mol. The van der Waals surface area contributed by atoms with Gasteiger partial charge in [0.15, 0.2) is 5.96 Å². The molecule has 14 heteroatoms. The molecule has 0 bridgehead atoms. The van der Waals surface area contributed by atoms with Gasteiger partial charge in [-0.3, -0.25) is 24.2 Å². The third-order valence-corrected chi connectivity index (χ3v) is 6.58. The van der Waals surface area contributed by atoms with E-state index >= 15 is 0 Å². The number of primary amides is 1. The quantitative estimate of drug-likeness (QED) is 0.0534. The molecule has 0 heterocycles. The van der Waals surface area contributed by atoms with Gasteiger partial charge in [-0.1, -0.05) is 42.5 Å². The molecule has 43 heavy (non-hydrogen) atoms. The lowest BCUT2D eigenvalue weighted by atomic mass is 10.0. The van der Waals surface area contributed by atoms with E-state index in [0.717, 1.165) is 5.56 Å². The molecule has 0 fully saturated rings. The summed E-state index contributed by atoms with van der Waals surface area (Å²) in [5.74, 6) is -2.60. The van der Waals surface area contributed by atoms with Crippen molar-refractivity contribution >= 4 is 29.6 Å². The van der Waals surface area contributed by atoms with Crippen molar-refractivity contribution in [1.82, 2.24) is 16.0 Å². The number of nitrogens with two attached hydrogens (primary N) is 5. The molecule has 14 nitrogen and oxygen atoms in total. The van der Waals surface area contributed by atoms with Crippen molar-refractivity contribution in [2.45, 2.75) is 62.7 Å². The van der Waals surface area contributed by atoms with Crippen LogP contribution in [0.15, 0.2) is 59.6 Å². The summed E-state index contributed by atoms with van der Waals surface area (Å²) in [5.41, 5.74) is 29.4. The minimum absolute atomic E-state index is 0.0786. The molecule has 2 aromatic rings. The summed E-state index contributed by atoms with van der Waals surface area (Å²) >= 11 is 0. The highest BCUT2D eigenvalue weighted by Gasteiger charge is 2.30. The number of carbonyl (C=O) groups is 4. The van der Waals surface area contributed by atoms with Gasteiger partial charge < -0.3 is 49.7 Å². The summed E-state index contributed by atoms with van der Waals surface area (Å²) in [4.78, 5) is 55.8. The summed E-state index contributed by atoms with van der Waals surface area (Å²) in [7, 11) is 0. The average Bonchev–Trinajstić information content (AvgIpc) is 2.97. The van der Waals surface area contributed by atoms with Crippen LogP contribution >= 0.6 is 0 Å². The number of guanidine groups is 1. The van der Waals surface area contributed by atoms with Gasteiger partial charge in [0, 0.05) is 13.0 Å². The Kier molecular flexibility index (Phi) is 14.4. The molecule has 2 rings (SSSR count). The number of aromatic hydroxyl groups is 1. The minimum atomic E-state index is -1.10. The van der Waals surface area contributed by atoms with Crippen molar-refractivity contribution in [3.05, 3.63) is 65.7 Å². The molecule has 0 aliphatic rings. The van der Waals surface area contributed by atoms with Crippen LogP contribution < -0.4 is 44.6 Å². The number of benzene rings is 2. The third kappa shape index (κ3) is 12.8. The van der Waals surface area contributed by atoms with Crippen molar-refractivity contribution in [3.63, 3.8) is 0 Å². The Morgan fingerprint density at radius 2 is 1.28 bits per heavy atom. The highest BCUT2D eigenvalue weighted by Crippen LogP contribution is 2.12. The van der Waals surface area contributed by atoms with E-state index in [1.807, 2.05) is 6.07 Å². The number of amides is 4. The zero-order valence-corrected chi connectivity index (χ0v) is 24.1. The van der Waals surface area contributed by atoms with Gasteiger partial charge in [0.2, 0.25) is 23.6 Å². The Bertz CT molecular complexity index is 1220. The second-order valence-electron chi connectivity index (χ2n) is 10.1. The van der Waals surface area contributed by atoms with E-state index < -0.39 is 47.8 Å². The number of phenols is 1. The van der Waals surface area contributed by atoms with E-state index in [1.54, 1.807) is 36.4 Å². The number of carbonyl (C=O) groups excluding carboxylic acids is 4. The van der Waals surface area contributed by atoms with Crippen LogP contribution in [-0.4, -0.2) is 72.0 Å². The fourth-order valence-electron chi connectivity index (χ4n) is 4.24. The lowest BCUT2D eigenvalue weighted by Crippen LogP contribution is -2.58. The molecule has 0 aliphatic heterocycles. The van der Waals surface area contributed by atoms with Crippen LogP contribution in [0.25, 0.3) is 0 Å². The highest BCUT2D eigenvalue weighted by molar-refractivity contribution is 5.94. The highest BCUT2D eigenvalue weighted by atomic mass is 16.3. The van der Waals surface area contributed by atoms with E-state index in [-0.39, 0.29) is 43.9 Å². The molecule has 0 aromatic heterocycles. The number of aliphatic imine (C=N–C) groups is 1. The van der Waals surface area contributed by atoms with Gasteiger partial charge in [0.1, 0.15) is 23.9 Å². The maximum Gasteiger partial charge on any atom is 0.243 e. The van der Waals surface area contributed by atoms with Gasteiger partial charge >= 0.3 is 0 Å². The van der Waals surface area contributed by atoms with Crippen molar-refractivity contribution in [2.24, 2.45) is 33.7 Å². The second-order valence-corrected chi connectivity index (χ2v) is 10.1. The Labute approximate surface area is 250 Å². The summed E-state index contributed by atoms with van der Waals surface area (Å²) in [6.07, 6.45) is 1.44. The molecule has 4 amide bonds. The van der Waals surface area contributed by atoms with Crippen LogP contribution in [0.1, 0.15) is 36.8 Å². The van der Waals surface area contributed by atoms with E-state index in [4.69, 9.17) is 28.7 Å². The maximum atomic E-state index is 13.6. The molecule has 0 saturated heterocycles. The average molecular weight is 598 g/mol. The predicted molar refractivity (Wildman–Crippen MR) is 163 cm³/mol. The molecule has 3 unspecified atom stereocenters. The number of rotatable bonds is 18. The van der Waals surface area contributed by atoms with Crippen LogP contribution in [0.4, 0.5) is 0 Å². The summed E-state index contributed by atoms with van der Waals surface area (Å²) in [6.45, 7) is 0.511. The van der Waals surface area contributed by atoms with E-state index in [9.17, 15) is 24.3 Å². The Morgan fingerprint density at radius 3 is 1.88 bits per heavy atom. The normalized spacial score (nSPS) is 13.5. The van der Waals surface area contributed by atoms with Gasteiger partial charge in [0.25, 0.3) is 0 Å². The maximum absolute atomic E-state index is 13.6. The molecule has 0 spiro atoms. The first-order valence-corrected chi connectivity index (χ1v) is 14.0. The topological polar surface area (TPSA) is 267 Å². The Morgan fingerprint density at radius 1 is 0.721 bits per heavy atom. The van der Waals surface area contributed by atoms with Crippen molar-refractivity contribution < 1.29 is 24.3 Å². The number of phenolic OH excluding ortho intramolecular Hbond substituents is 1. The first-order chi connectivity index (χ1) is 20.5. The molecule has 0 aliphatic carbocycles. The molecule has 0 radical (unpaired) electrons. The van der Waals surface area contributed by atoms with Gasteiger partial charge in [-0.15, -0.1) is 0 Å². The van der Waals surface area contributed by atoms with Gasteiger partial charge in [0.05, 0.1) is 6.04 Å². The number of hydrogen-bond donors (Lipinski definition) is 9.